The Morgan fingerprint density at radius 1 is 1.38 bits per heavy atom. The van der Waals surface area contributed by atoms with Crippen LogP contribution in [-0.2, 0) is 4.74 Å². The fourth-order valence-electron chi connectivity index (χ4n) is 2.12. The number of nitrogens with one attached hydrogen (secondary N) is 1. The van der Waals surface area contributed by atoms with Gasteiger partial charge in [-0.05, 0) is 18.8 Å². The van der Waals surface area contributed by atoms with Crippen molar-refractivity contribution < 1.29 is 4.74 Å². The average Bonchev–Trinajstić information content (AvgIpc) is 2.15. The Hall–Kier alpha value is -1.34. The molecule has 2 rings (SSSR count). The molecule has 2 heterocycles. The maximum atomic E-state index is 6.09. The van der Waals surface area contributed by atoms with Gasteiger partial charge in [-0.1, -0.05) is 0 Å². The summed E-state index contributed by atoms with van der Waals surface area (Å²) in [6, 6.07) is 0. The molecule has 7 nitrogen and oxygen atoms in total. The molecule has 0 amide bonds. The van der Waals surface area contributed by atoms with Crippen LogP contribution in [0, 0.1) is 5.92 Å². The summed E-state index contributed by atoms with van der Waals surface area (Å²) in [7, 11) is 0. The number of nitrogens with two attached hydrogens (primary N) is 3. The minimum absolute atomic E-state index is 0.130. The van der Waals surface area contributed by atoms with Gasteiger partial charge in [0.15, 0.2) is 11.7 Å². The second-order valence-corrected chi connectivity index (χ2v) is 4.28. The molecule has 0 radical (unpaired) electrons. The van der Waals surface area contributed by atoms with Crippen molar-refractivity contribution in [2.45, 2.75) is 25.0 Å². The van der Waals surface area contributed by atoms with Crippen molar-refractivity contribution in [3.05, 3.63) is 0 Å². The Morgan fingerprint density at radius 3 is 2.69 bits per heavy atom. The van der Waals surface area contributed by atoms with E-state index in [-0.39, 0.29) is 11.9 Å². The minimum Gasteiger partial charge on any atom is -0.381 e. The van der Waals surface area contributed by atoms with Gasteiger partial charge in [-0.2, -0.15) is 4.99 Å². The summed E-state index contributed by atoms with van der Waals surface area (Å²) in [6.07, 6.45) is 2.67. The first-order valence-corrected chi connectivity index (χ1v) is 5.42. The Morgan fingerprint density at radius 2 is 2.06 bits per heavy atom. The molecule has 2 aliphatic heterocycles. The Bertz CT molecular complexity index is 322. The Kier molecular flexibility index (Phi) is 2.97. The summed E-state index contributed by atoms with van der Waals surface area (Å²) in [4.78, 5) is 7.89. The number of guanidine groups is 2. The van der Waals surface area contributed by atoms with E-state index < -0.39 is 5.79 Å². The lowest BCUT2D eigenvalue weighted by molar-refractivity contribution is 0.0554. The molecular formula is C9H18N6O. The van der Waals surface area contributed by atoms with Gasteiger partial charge in [0.2, 0.25) is 5.96 Å². The van der Waals surface area contributed by atoms with Crippen molar-refractivity contribution in [3.63, 3.8) is 0 Å². The van der Waals surface area contributed by atoms with Crippen LogP contribution in [-0.4, -0.2) is 30.9 Å². The Balaban J connectivity index is 2.00. The lowest BCUT2D eigenvalue weighted by Crippen LogP contribution is -2.60. The van der Waals surface area contributed by atoms with Crippen LogP contribution in [0.25, 0.3) is 0 Å². The van der Waals surface area contributed by atoms with Crippen LogP contribution in [0.2, 0.25) is 0 Å². The van der Waals surface area contributed by atoms with Crippen LogP contribution >= 0.6 is 0 Å². The van der Waals surface area contributed by atoms with Crippen molar-refractivity contribution in [1.29, 1.82) is 0 Å². The van der Waals surface area contributed by atoms with Gasteiger partial charge < -0.3 is 21.5 Å². The third kappa shape index (κ3) is 2.61. The van der Waals surface area contributed by atoms with E-state index >= 15 is 0 Å². The zero-order valence-electron chi connectivity index (χ0n) is 9.15. The number of hydrogen-bond acceptors (Lipinski definition) is 7. The van der Waals surface area contributed by atoms with Crippen LogP contribution in [0.3, 0.4) is 0 Å². The third-order valence-electron chi connectivity index (χ3n) is 2.83. The highest BCUT2D eigenvalue weighted by Crippen LogP contribution is 2.24. The summed E-state index contributed by atoms with van der Waals surface area (Å²) in [6.45, 7) is 1.56. The van der Waals surface area contributed by atoms with E-state index in [0.29, 0.717) is 12.3 Å². The first-order valence-electron chi connectivity index (χ1n) is 5.42. The maximum absolute atomic E-state index is 6.09. The highest BCUT2D eigenvalue weighted by atomic mass is 16.5. The van der Waals surface area contributed by atoms with Crippen LogP contribution in [0.5, 0.6) is 0 Å². The van der Waals surface area contributed by atoms with Gasteiger partial charge in [-0.25, -0.2) is 4.99 Å². The molecular weight excluding hydrogens is 208 g/mol. The highest BCUT2D eigenvalue weighted by Gasteiger charge is 2.32. The third-order valence-corrected chi connectivity index (χ3v) is 2.83. The van der Waals surface area contributed by atoms with E-state index in [2.05, 4.69) is 15.3 Å². The van der Waals surface area contributed by atoms with E-state index in [1.807, 2.05) is 0 Å². The first kappa shape index (κ1) is 11.2. The quantitative estimate of drug-likeness (QED) is 0.463. The predicted molar refractivity (Wildman–Crippen MR) is 61.5 cm³/mol. The molecule has 0 aromatic rings. The molecule has 0 bridgehead atoms. The van der Waals surface area contributed by atoms with Gasteiger partial charge >= 0.3 is 0 Å². The molecule has 1 fully saturated rings. The van der Waals surface area contributed by atoms with Crippen LogP contribution in [0.4, 0.5) is 0 Å². The standard InChI is InChI=1S/C9H18N6O/c10-7-13-8(11)15-9(12,14-7)5-6-1-3-16-4-2-6/h6H,1-5,12H2,(H5,10,11,13,14,15). The van der Waals surface area contributed by atoms with Gasteiger partial charge in [0.1, 0.15) is 0 Å². The van der Waals surface area contributed by atoms with Crippen molar-refractivity contribution >= 4 is 11.9 Å². The monoisotopic (exact) mass is 226 g/mol. The van der Waals surface area contributed by atoms with E-state index in [1.165, 1.54) is 0 Å². The second kappa shape index (κ2) is 4.26. The Labute approximate surface area is 94.1 Å². The van der Waals surface area contributed by atoms with Crippen molar-refractivity contribution in [3.8, 4) is 0 Å². The molecule has 0 aliphatic carbocycles. The topological polar surface area (TPSA) is 124 Å². The number of hydrogen-bond donors (Lipinski definition) is 4. The van der Waals surface area contributed by atoms with Gasteiger partial charge in [0.25, 0.3) is 0 Å². The fraction of sp³-hybridized carbons (Fsp3) is 0.778. The lowest BCUT2D eigenvalue weighted by atomic mass is 9.93. The molecule has 16 heavy (non-hydrogen) atoms. The van der Waals surface area contributed by atoms with E-state index in [9.17, 15) is 0 Å². The molecule has 7 N–H and O–H groups in total. The lowest BCUT2D eigenvalue weighted by Gasteiger charge is -2.34. The number of rotatable bonds is 2. The molecule has 0 saturated carbocycles. The van der Waals surface area contributed by atoms with Crippen LogP contribution in [0.15, 0.2) is 9.98 Å². The van der Waals surface area contributed by atoms with Crippen LogP contribution < -0.4 is 22.5 Å². The molecule has 0 spiro atoms. The summed E-state index contributed by atoms with van der Waals surface area (Å²) in [5, 5.41) is 2.87. The van der Waals surface area contributed by atoms with E-state index in [0.717, 1.165) is 26.1 Å². The minimum atomic E-state index is -0.919. The summed E-state index contributed by atoms with van der Waals surface area (Å²) >= 11 is 0. The number of aliphatic imine (C=N–C) groups is 2. The van der Waals surface area contributed by atoms with Crippen molar-refractivity contribution in [1.82, 2.24) is 5.32 Å². The van der Waals surface area contributed by atoms with E-state index in [4.69, 9.17) is 21.9 Å². The average molecular weight is 226 g/mol. The number of ether oxygens (including phenoxy) is 1. The maximum Gasteiger partial charge on any atom is 0.222 e. The molecule has 2 aliphatic rings. The molecule has 1 saturated heterocycles. The normalized spacial score (nSPS) is 31.6. The molecule has 90 valence electrons. The molecule has 0 aromatic heterocycles. The van der Waals surface area contributed by atoms with Gasteiger partial charge in [-0.15, -0.1) is 0 Å². The fourth-order valence-corrected chi connectivity index (χ4v) is 2.12. The summed E-state index contributed by atoms with van der Waals surface area (Å²) in [5.74, 6) is -0.0839. The van der Waals surface area contributed by atoms with Crippen molar-refractivity contribution in [2.24, 2.45) is 33.1 Å². The summed E-state index contributed by atoms with van der Waals surface area (Å²) in [5.41, 5.74) is 17.2. The predicted octanol–water partition coefficient (Wildman–Crippen LogP) is -1.35. The smallest absolute Gasteiger partial charge is 0.222 e. The van der Waals surface area contributed by atoms with Crippen LogP contribution in [0.1, 0.15) is 19.3 Å². The zero-order valence-corrected chi connectivity index (χ0v) is 9.15. The number of nitrogens with zero attached hydrogens (tertiary/aromatic N) is 2. The second-order valence-electron chi connectivity index (χ2n) is 4.28. The first-order chi connectivity index (χ1) is 7.57. The molecule has 7 heteroatoms. The molecule has 0 aromatic carbocycles. The van der Waals surface area contributed by atoms with E-state index in [1.54, 1.807) is 0 Å². The van der Waals surface area contributed by atoms with Gasteiger partial charge in [-0.3, -0.25) is 5.73 Å². The van der Waals surface area contributed by atoms with Gasteiger partial charge in [0, 0.05) is 19.6 Å². The zero-order chi connectivity index (χ0) is 11.6. The molecule has 1 unspecified atom stereocenters. The summed E-state index contributed by atoms with van der Waals surface area (Å²) < 4.78 is 5.29. The highest BCUT2D eigenvalue weighted by molar-refractivity contribution is 5.95. The SMILES string of the molecule is NC1=NC(N)(CC2CCOCC2)NC(N)=N1. The molecule has 1 atom stereocenters. The van der Waals surface area contributed by atoms with Gasteiger partial charge in [0.05, 0.1) is 0 Å². The van der Waals surface area contributed by atoms with Crippen molar-refractivity contribution in [2.75, 3.05) is 13.2 Å². The largest absolute Gasteiger partial charge is 0.381 e.